The molecule has 1 unspecified atom stereocenters. The second kappa shape index (κ2) is 12.0. The number of benzene rings is 4. The highest BCUT2D eigenvalue weighted by molar-refractivity contribution is 5.76. The Morgan fingerprint density at radius 2 is 1.28 bits per heavy atom. The van der Waals surface area contributed by atoms with Gasteiger partial charge >= 0.3 is 0 Å². The topological polar surface area (TPSA) is 50.4 Å². The predicted molar refractivity (Wildman–Crippen MR) is 146 cm³/mol. The van der Waals surface area contributed by atoms with E-state index < -0.39 is 5.54 Å². The zero-order valence-electron chi connectivity index (χ0n) is 20.6. The minimum Gasteiger partial charge on any atom is -0.497 e. The van der Waals surface area contributed by atoms with Gasteiger partial charge in [0, 0.05) is 6.42 Å². The van der Waals surface area contributed by atoms with Crippen molar-refractivity contribution >= 4 is 5.91 Å². The lowest BCUT2D eigenvalue weighted by Gasteiger charge is -2.37. The van der Waals surface area contributed by atoms with Gasteiger partial charge in [-0.25, -0.2) is 5.43 Å². The molecule has 4 nitrogen and oxygen atoms in total. The molecule has 4 aromatic carbocycles. The Bertz CT molecular complexity index is 1140. The molecule has 0 heterocycles. The molecule has 0 radical (unpaired) electrons. The highest BCUT2D eigenvalue weighted by atomic mass is 16.5. The Morgan fingerprint density at radius 1 is 0.806 bits per heavy atom. The maximum atomic E-state index is 13.3. The van der Waals surface area contributed by atoms with Gasteiger partial charge in [0.15, 0.2) is 0 Å². The van der Waals surface area contributed by atoms with Gasteiger partial charge in [0.25, 0.3) is 0 Å². The van der Waals surface area contributed by atoms with Gasteiger partial charge in [-0.1, -0.05) is 109 Å². The van der Waals surface area contributed by atoms with Crippen molar-refractivity contribution in [2.45, 2.75) is 24.3 Å². The SMILES string of the molecule is C=CCC(CC(=O)NNC(c1ccccc1)(c1ccccc1)c1ccccc1)c1ccc(OC)cc1. The summed E-state index contributed by atoms with van der Waals surface area (Å²) < 4.78 is 5.28. The Morgan fingerprint density at radius 3 is 1.69 bits per heavy atom. The lowest BCUT2D eigenvalue weighted by atomic mass is 9.77. The first-order valence-corrected chi connectivity index (χ1v) is 12.1. The van der Waals surface area contributed by atoms with E-state index in [9.17, 15) is 4.79 Å². The van der Waals surface area contributed by atoms with Gasteiger partial charge in [-0.15, -0.1) is 6.58 Å². The summed E-state index contributed by atoms with van der Waals surface area (Å²) in [4.78, 5) is 13.3. The minimum absolute atomic E-state index is 0.00906. The number of hydrogen-bond donors (Lipinski definition) is 2. The molecule has 0 aliphatic rings. The number of nitrogens with one attached hydrogen (secondary N) is 2. The van der Waals surface area contributed by atoms with Crippen molar-refractivity contribution in [3.05, 3.63) is 150 Å². The van der Waals surface area contributed by atoms with Crippen molar-refractivity contribution < 1.29 is 9.53 Å². The van der Waals surface area contributed by atoms with Crippen LogP contribution in [0.3, 0.4) is 0 Å². The molecular formula is C32H32N2O2. The number of methoxy groups -OCH3 is 1. The first kappa shape index (κ1) is 25.0. The lowest BCUT2D eigenvalue weighted by Crippen LogP contribution is -2.53. The minimum atomic E-state index is -0.770. The van der Waals surface area contributed by atoms with E-state index in [1.807, 2.05) is 84.9 Å². The fourth-order valence-corrected chi connectivity index (χ4v) is 4.63. The van der Waals surface area contributed by atoms with Crippen LogP contribution in [0, 0.1) is 0 Å². The molecule has 0 saturated carbocycles. The summed E-state index contributed by atoms with van der Waals surface area (Å²) in [5.74, 6) is 0.709. The summed E-state index contributed by atoms with van der Waals surface area (Å²) in [5, 5.41) is 0. The van der Waals surface area contributed by atoms with Crippen molar-refractivity contribution in [2.24, 2.45) is 0 Å². The molecule has 0 saturated heterocycles. The van der Waals surface area contributed by atoms with Gasteiger partial charge < -0.3 is 4.74 Å². The first-order valence-electron chi connectivity index (χ1n) is 12.1. The van der Waals surface area contributed by atoms with Crippen molar-refractivity contribution in [1.29, 1.82) is 0 Å². The zero-order chi connectivity index (χ0) is 25.2. The number of carbonyl (C=O) groups is 1. The Labute approximate surface area is 213 Å². The number of allylic oxidation sites excluding steroid dienone is 1. The third-order valence-corrected chi connectivity index (χ3v) is 6.48. The second-order valence-corrected chi connectivity index (χ2v) is 8.72. The fourth-order valence-electron chi connectivity index (χ4n) is 4.63. The van der Waals surface area contributed by atoms with Crippen LogP contribution in [0.2, 0.25) is 0 Å². The molecule has 4 rings (SSSR count). The molecule has 1 amide bonds. The summed E-state index contributed by atoms with van der Waals surface area (Å²) in [6.07, 6.45) is 2.87. The van der Waals surface area contributed by atoms with Gasteiger partial charge in [-0.2, -0.15) is 0 Å². The summed E-state index contributed by atoms with van der Waals surface area (Å²) >= 11 is 0. The molecule has 182 valence electrons. The van der Waals surface area contributed by atoms with Crippen LogP contribution >= 0.6 is 0 Å². The largest absolute Gasteiger partial charge is 0.497 e. The number of amides is 1. The quantitative estimate of drug-likeness (QED) is 0.150. The Kier molecular flexibility index (Phi) is 8.32. The van der Waals surface area contributed by atoms with E-state index in [-0.39, 0.29) is 11.8 Å². The average molecular weight is 477 g/mol. The summed E-state index contributed by atoms with van der Waals surface area (Å²) in [6, 6.07) is 38.4. The summed E-state index contributed by atoms with van der Waals surface area (Å²) in [7, 11) is 1.65. The van der Waals surface area contributed by atoms with Crippen molar-refractivity contribution in [3.8, 4) is 5.75 Å². The van der Waals surface area contributed by atoms with Gasteiger partial charge in [0.1, 0.15) is 11.3 Å². The van der Waals surface area contributed by atoms with Crippen LogP contribution in [0.25, 0.3) is 0 Å². The molecule has 0 bridgehead atoms. The summed E-state index contributed by atoms with van der Waals surface area (Å²) in [5.41, 5.74) is 9.90. The number of carbonyl (C=O) groups excluding carboxylic acids is 1. The summed E-state index contributed by atoms with van der Waals surface area (Å²) in [6.45, 7) is 3.90. The molecular weight excluding hydrogens is 444 g/mol. The molecule has 4 aromatic rings. The molecule has 1 atom stereocenters. The van der Waals surface area contributed by atoms with Crippen molar-refractivity contribution in [3.63, 3.8) is 0 Å². The standard InChI is InChI=1S/C32H32N2O2/c1-3-13-26(25-20-22-30(36-2)23-21-25)24-31(35)33-34-32(27-14-7-4-8-15-27,28-16-9-5-10-17-28)29-18-11-6-12-19-29/h3-12,14-23,26,34H,1,13,24H2,2H3,(H,33,35). The number of hydrogen-bond acceptors (Lipinski definition) is 3. The van der Waals surface area contributed by atoms with Gasteiger partial charge in [-0.3, -0.25) is 10.2 Å². The van der Waals surface area contributed by atoms with E-state index in [1.165, 1.54) is 0 Å². The van der Waals surface area contributed by atoms with E-state index in [0.29, 0.717) is 12.8 Å². The molecule has 0 spiro atoms. The Balaban J connectivity index is 1.65. The van der Waals surface area contributed by atoms with Crippen LogP contribution in [-0.4, -0.2) is 13.0 Å². The van der Waals surface area contributed by atoms with Gasteiger partial charge in [-0.05, 0) is 46.7 Å². The van der Waals surface area contributed by atoms with Crippen LogP contribution in [0.1, 0.15) is 41.0 Å². The molecule has 0 aliphatic heterocycles. The van der Waals surface area contributed by atoms with Crippen LogP contribution in [0.5, 0.6) is 5.75 Å². The number of rotatable bonds is 11. The van der Waals surface area contributed by atoms with Crippen LogP contribution in [0.4, 0.5) is 0 Å². The lowest BCUT2D eigenvalue weighted by molar-refractivity contribution is -0.122. The van der Waals surface area contributed by atoms with E-state index in [2.05, 4.69) is 53.8 Å². The van der Waals surface area contributed by atoms with E-state index in [0.717, 1.165) is 28.0 Å². The normalized spacial score (nSPS) is 11.9. The van der Waals surface area contributed by atoms with Crippen LogP contribution in [0.15, 0.2) is 128 Å². The number of ether oxygens (including phenoxy) is 1. The third kappa shape index (κ3) is 5.56. The molecule has 0 aliphatic carbocycles. The molecule has 0 fully saturated rings. The maximum Gasteiger partial charge on any atom is 0.234 e. The molecule has 36 heavy (non-hydrogen) atoms. The highest BCUT2D eigenvalue weighted by Gasteiger charge is 2.36. The monoisotopic (exact) mass is 476 g/mol. The average Bonchev–Trinajstić information content (AvgIpc) is 2.95. The smallest absolute Gasteiger partial charge is 0.234 e. The third-order valence-electron chi connectivity index (χ3n) is 6.48. The van der Waals surface area contributed by atoms with Crippen molar-refractivity contribution in [2.75, 3.05) is 7.11 Å². The number of hydrazine groups is 1. The highest BCUT2D eigenvalue weighted by Crippen LogP contribution is 2.36. The van der Waals surface area contributed by atoms with Crippen LogP contribution in [-0.2, 0) is 10.3 Å². The molecule has 4 heteroatoms. The molecule has 2 N–H and O–H groups in total. The van der Waals surface area contributed by atoms with Crippen LogP contribution < -0.4 is 15.6 Å². The van der Waals surface area contributed by atoms with E-state index >= 15 is 0 Å². The zero-order valence-corrected chi connectivity index (χ0v) is 20.6. The fraction of sp³-hybridized carbons (Fsp3) is 0.156. The van der Waals surface area contributed by atoms with E-state index in [4.69, 9.17) is 4.74 Å². The predicted octanol–water partition coefficient (Wildman–Crippen LogP) is 6.36. The van der Waals surface area contributed by atoms with Gasteiger partial charge in [0.2, 0.25) is 5.91 Å². The first-order chi connectivity index (χ1) is 17.7. The molecule has 0 aromatic heterocycles. The maximum absolute atomic E-state index is 13.3. The van der Waals surface area contributed by atoms with E-state index in [1.54, 1.807) is 7.11 Å². The second-order valence-electron chi connectivity index (χ2n) is 8.72. The van der Waals surface area contributed by atoms with Crippen molar-refractivity contribution in [1.82, 2.24) is 10.9 Å². The van der Waals surface area contributed by atoms with Gasteiger partial charge in [0.05, 0.1) is 7.11 Å². The Hall–Kier alpha value is -4.15.